The topological polar surface area (TPSA) is 55.6 Å². The molecule has 5 heteroatoms. The highest BCUT2D eigenvalue weighted by atomic mass is 19.1. The van der Waals surface area contributed by atoms with Gasteiger partial charge in [0.2, 0.25) is 0 Å². The molecule has 0 aromatic heterocycles. The molecule has 0 aliphatic carbocycles. The normalized spacial score (nSPS) is 21.3. The van der Waals surface area contributed by atoms with Gasteiger partial charge in [-0.15, -0.1) is 0 Å². The Morgan fingerprint density at radius 1 is 1.58 bits per heavy atom. The van der Waals surface area contributed by atoms with Crippen LogP contribution < -0.4 is 5.73 Å². The number of morpholine rings is 1. The van der Waals surface area contributed by atoms with Crippen molar-refractivity contribution in [3.8, 4) is 0 Å². The lowest BCUT2D eigenvalue weighted by Gasteiger charge is -2.35. The molecule has 1 amide bonds. The van der Waals surface area contributed by atoms with E-state index in [9.17, 15) is 9.18 Å². The Morgan fingerprint density at radius 2 is 2.32 bits per heavy atom. The predicted octanol–water partition coefficient (Wildman–Crippen LogP) is 1.32. The lowest BCUT2D eigenvalue weighted by molar-refractivity contribution is -0.0300. The maximum Gasteiger partial charge on any atom is 0.254 e. The Hall–Kier alpha value is -1.46. The lowest BCUT2D eigenvalue weighted by atomic mass is 10.1. The van der Waals surface area contributed by atoms with Gasteiger partial charge < -0.3 is 15.4 Å². The monoisotopic (exact) mass is 266 g/mol. The maximum atomic E-state index is 13.1. The highest BCUT2D eigenvalue weighted by Gasteiger charge is 2.27. The molecule has 0 spiro atoms. The van der Waals surface area contributed by atoms with Gasteiger partial charge in [-0.1, -0.05) is 0 Å². The van der Waals surface area contributed by atoms with E-state index in [-0.39, 0.29) is 23.9 Å². The summed E-state index contributed by atoms with van der Waals surface area (Å²) in [6.45, 7) is 5.10. The minimum atomic E-state index is -0.329. The zero-order chi connectivity index (χ0) is 14.0. The van der Waals surface area contributed by atoms with Crippen molar-refractivity contribution in [2.24, 2.45) is 5.73 Å². The summed E-state index contributed by atoms with van der Waals surface area (Å²) in [4.78, 5) is 14.1. The molecule has 1 fully saturated rings. The van der Waals surface area contributed by atoms with Gasteiger partial charge in [-0.2, -0.15) is 0 Å². The second-order valence-electron chi connectivity index (χ2n) is 4.98. The highest BCUT2D eigenvalue weighted by molar-refractivity contribution is 5.95. The minimum Gasteiger partial charge on any atom is -0.373 e. The van der Waals surface area contributed by atoms with Crippen LogP contribution in [0.25, 0.3) is 0 Å². The van der Waals surface area contributed by atoms with Crippen LogP contribution in [0.4, 0.5) is 4.39 Å². The molecule has 1 aromatic carbocycles. The standard InChI is InChI=1S/C14H19FN2O2/c1-9-7-11(15)3-4-12(9)14(18)17-5-6-19-13(8-17)10(2)16/h3-4,7,10,13H,5-6,8,16H2,1-2H3. The van der Waals surface area contributed by atoms with Crippen molar-refractivity contribution in [1.29, 1.82) is 0 Å². The number of halogens is 1. The van der Waals surface area contributed by atoms with Crippen LogP contribution in [0.5, 0.6) is 0 Å². The van der Waals surface area contributed by atoms with Crippen LogP contribution in [0.3, 0.4) is 0 Å². The van der Waals surface area contributed by atoms with Gasteiger partial charge in [-0.25, -0.2) is 4.39 Å². The van der Waals surface area contributed by atoms with Crippen LogP contribution in [0, 0.1) is 12.7 Å². The molecule has 0 saturated carbocycles. The quantitative estimate of drug-likeness (QED) is 0.878. The van der Waals surface area contributed by atoms with E-state index in [0.29, 0.717) is 30.8 Å². The van der Waals surface area contributed by atoms with E-state index in [1.165, 1.54) is 18.2 Å². The first-order valence-corrected chi connectivity index (χ1v) is 6.41. The van der Waals surface area contributed by atoms with Gasteiger partial charge in [0.25, 0.3) is 5.91 Å². The van der Waals surface area contributed by atoms with E-state index >= 15 is 0 Å². The average molecular weight is 266 g/mol. The molecular formula is C14H19FN2O2. The molecule has 19 heavy (non-hydrogen) atoms. The number of aryl methyl sites for hydroxylation is 1. The first kappa shape index (κ1) is 14.0. The van der Waals surface area contributed by atoms with Crippen LogP contribution in [0.15, 0.2) is 18.2 Å². The van der Waals surface area contributed by atoms with E-state index in [1.807, 2.05) is 6.92 Å². The summed E-state index contributed by atoms with van der Waals surface area (Å²) in [6, 6.07) is 4.09. The zero-order valence-electron chi connectivity index (χ0n) is 11.2. The van der Waals surface area contributed by atoms with Crippen molar-refractivity contribution in [3.63, 3.8) is 0 Å². The SMILES string of the molecule is Cc1cc(F)ccc1C(=O)N1CCOC(C(C)N)C1. The molecule has 2 N–H and O–H groups in total. The molecule has 1 heterocycles. The van der Waals surface area contributed by atoms with E-state index in [2.05, 4.69) is 0 Å². The molecule has 104 valence electrons. The van der Waals surface area contributed by atoms with Crippen LogP contribution >= 0.6 is 0 Å². The number of nitrogens with zero attached hydrogens (tertiary/aromatic N) is 1. The fourth-order valence-corrected chi connectivity index (χ4v) is 2.22. The number of nitrogens with two attached hydrogens (primary N) is 1. The van der Waals surface area contributed by atoms with E-state index in [4.69, 9.17) is 10.5 Å². The van der Waals surface area contributed by atoms with E-state index in [1.54, 1.807) is 11.8 Å². The van der Waals surface area contributed by atoms with Gasteiger partial charge in [0.1, 0.15) is 5.82 Å². The molecule has 1 aromatic rings. The Bertz CT molecular complexity index is 477. The van der Waals surface area contributed by atoms with Crippen LogP contribution in [0.2, 0.25) is 0 Å². The minimum absolute atomic E-state index is 0.0912. The first-order chi connectivity index (χ1) is 8.99. The van der Waals surface area contributed by atoms with Gasteiger partial charge in [0.15, 0.2) is 0 Å². The molecule has 2 unspecified atom stereocenters. The predicted molar refractivity (Wildman–Crippen MR) is 70.4 cm³/mol. The summed E-state index contributed by atoms with van der Waals surface area (Å²) in [7, 11) is 0. The van der Waals surface area contributed by atoms with Gasteiger partial charge >= 0.3 is 0 Å². The summed E-state index contributed by atoms with van der Waals surface area (Å²) in [5.74, 6) is -0.420. The summed E-state index contributed by atoms with van der Waals surface area (Å²) >= 11 is 0. The van der Waals surface area contributed by atoms with Crippen molar-refractivity contribution in [2.45, 2.75) is 26.0 Å². The van der Waals surface area contributed by atoms with Crippen molar-refractivity contribution < 1.29 is 13.9 Å². The van der Waals surface area contributed by atoms with Gasteiger partial charge in [-0.3, -0.25) is 4.79 Å². The summed E-state index contributed by atoms with van der Waals surface area (Å²) in [6.07, 6.45) is -0.140. The molecule has 1 saturated heterocycles. The summed E-state index contributed by atoms with van der Waals surface area (Å²) in [5.41, 5.74) is 6.99. The van der Waals surface area contributed by atoms with E-state index in [0.717, 1.165) is 0 Å². The molecular weight excluding hydrogens is 247 g/mol. The molecule has 1 aliphatic heterocycles. The van der Waals surface area contributed by atoms with Crippen LogP contribution in [-0.4, -0.2) is 42.6 Å². The van der Waals surface area contributed by atoms with Crippen molar-refractivity contribution in [3.05, 3.63) is 35.1 Å². The number of hydrogen-bond donors (Lipinski definition) is 1. The van der Waals surface area contributed by atoms with E-state index < -0.39 is 0 Å². The third kappa shape index (κ3) is 3.11. The number of hydrogen-bond acceptors (Lipinski definition) is 3. The Kier molecular flexibility index (Phi) is 4.17. The molecule has 0 bridgehead atoms. The maximum absolute atomic E-state index is 13.1. The Balaban J connectivity index is 2.15. The number of carbonyl (C=O) groups excluding carboxylic acids is 1. The molecule has 0 radical (unpaired) electrons. The Labute approximate surface area is 112 Å². The molecule has 2 atom stereocenters. The van der Waals surface area contributed by atoms with Crippen molar-refractivity contribution in [1.82, 2.24) is 4.90 Å². The third-order valence-corrected chi connectivity index (χ3v) is 3.39. The highest BCUT2D eigenvalue weighted by Crippen LogP contribution is 2.16. The smallest absolute Gasteiger partial charge is 0.254 e. The lowest BCUT2D eigenvalue weighted by Crippen LogP contribution is -2.51. The number of amides is 1. The molecule has 4 nitrogen and oxygen atoms in total. The number of benzene rings is 1. The zero-order valence-corrected chi connectivity index (χ0v) is 11.2. The van der Waals surface area contributed by atoms with Crippen molar-refractivity contribution >= 4 is 5.91 Å². The molecule has 2 rings (SSSR count). The Morgan fingerprint density at radius 3 is 2.95 bits per heavy atom. The number of carbonyl (C=O) groups is 1. The van der Waals surface area contributed by atoms with Gasteiger partial charge in [0, 0.05) is 24.7 Å². The van der Waals surface area contributed by atoms with Crippen LogP contribution in [0.1, 0.15) is 22.8 Å². The third-order valence-electron chi connectivity index (χ3n) is 3.39. The fraction of sp³-hybridized carbons (Fsp3) is 0.500. The molecule has 1 aliphatic rings. The summed E-state index contributed by atoms with van der Waals surface area (Å²) < 4.78 is 18.6. The largest absolute Gasteiger partial charge is 0.373 e. The van der Waals surface area contributed by atoms with Crippen LogP contribution in [-0.2, 0) is 4.74 Å². The fourth-order valence-electron chi connectivity index (χ4n) is 2.22. The number of rotatable bonds is 2. The van der Waals surface area contributed by atoms with Crippen molar-refractivity contribution in [2.75, 3.05) is 19.7 Å². The van der Waals surface area contributed by atoms with Gasteiger partial charge in [0.05, 0.1) is 12.7 Å². The summed E-state index contributed by atoms with van der Waals surface area (Å²) in [5, 5.41) is 0. The second kappa shape index (κ2) is 5.67. The first-order valence-electron chi connectivity index (χ1n) is 6.41. The second-order valence-corrected chi connectivity index (χ2v) is 4.98. The average Bonchev–Trinajstić information content (AvgIpc) is 2.38. The number of ether oxygens (including phenoxy) is 1. The van der Waals surface area contributed by atoms with Gasteiger partial charge in [-0.05, 0) is 37.6 Å².